The van der Waals surface area contributed by atoms with Crippen LogP contribution in [0.1, 0.15) is 31.9 Å². The number of ether oxygens (including phenoxy) is 1. The van der Waals surface area contributed by atoms with Gasteiger partial charge in [0.05, 0.1) is 11.7 Å². The Balaban J connectivity index is 1.68. The second-order valence-electron chi connectivity index (χ2n) is 8.08. The number of hydrogen-bond acceptors (Lipinski definition) is 5. The third kappa shape index (κ3) is 6.92. The van der Waals surface area contributed by atoms with Crippen molar-refractivity contribution in [3.05, 3.63) is 78.0 Å². The molecule has 0 saturated carbocycles. The van der Waals surface area contributed by atoms with E-state index in [1.807, 2.05) is 60.7 Å². The lowest BCUT2D eigenvalue weighted by Crippen LogP contribution is -2.48. The van der Waals surface area contributed by atoms with Crippen LogP contribution in [0.2, 0.25) is 0 Å². The SMILES string of the molecule is CC(C)(C)OC(=O)NC(Cc1ccccc1)C(=O)NN=Cc1ccc2ncccc2c1. The second kappa shape index (κ2) is 9.84. The molecular formula is C24H26N4O3. The summed E-state index contributed by atoms with van der Waals surface area (Å²) in [5, 5.41) is 7.67. The molecule has 1 unspecified atom stereocenters. The fourth-order valence-corrected chi connectivity index (χ4v) is 2.93. The highest BCUT2D eigenvalue weighted by molar-refractivity contribution is 5.90. The molecule has 0 radical (unpaired) electrons. The Morgan fingerprint density at radius 2 is 1.87 bits per heavy atom. The summed E-state index contributed by atoms with van der Waals surface area (Å²) in [7, 11) is 0. The van der Waals surface area contributed by atoms with Crippen molar-refractivity contribution in [3.8, 4) is 0 Å². The van der Waals surface area contributed by atoms with Gasteiger partial charge in [0, 0.05) is 18.0 Å². The quantitative estimate of drug-likeness (QED) is 0.470. The minimum Gasteiger partial charge on any atom is -0.444 e. The summed E-state index contributed by atoms with van der Waals surface area (Å²) in [5.74, 6) is -0.437. The molecule has 0 spiro atoms. The van der Waals surface area contributed by atoms with E-state index in [0.717, 1.165) is 22.0 Å². The minimum atomic E-state index is -0.838. The number of benzene rings is 2. The van der Waals surface area contributed by atoms with Gasteiger partial charge in [0.1, 0.15) is 11.6 Å². The minimum absolute atomic E-state index is 0.309. The van der Waals surface area contributed by atoms with Crippen molar-refractivity contribution in [2.75, 3.05) is 0 Å². The fraction of sp³-hybridized carbons (Fsp3) is 0.250. The number of alkyl carbamates (subject to hydrolysis) is 1. The maximum Gasteiger partial charge on any atom is 0.408 e. The van der Waals surface area contributed by atoms with Crippen LogP contribution in [-0.4, -0.2) is 34.8 Å². The van der Waals surface area contributed by atoms with Crippen LogP contribution in [0.15, 0.2) is 72.0 Å². The zero-order valence-electron chi connectivity index (χ0n) is 17.8. The van der Waals surface area contributed by atoms with Crippen molar-refractivity contribution in [2.45, 2.75) is 38.8 Å². The fourth-order valence-electron chi connectivity index (χ4n) is 2.93. The van der Waals surface area contributed by atoms with Gasteiger partial charge in [-0.2, -0.15) is 5.10 Å². The number of nitrogens with zero attached hydrogens (tertiary/aromatic N) is 2. The molecule has 0 fully saturated rings. The third-order valence-electron chi connectivity index (χ3n) is 4.31. The summed E-state index contributed by atoms with van der Waals surface area (Å²) in [4.78, 5) is 29.3. The van der Waals surface area contributed by atoms with E-state index < -0.39 is 23.6 Å². The van der Waals surface area contributed by atoms with Gasteiger partial charge >= 0.3 is 6.09 Å². The van der Waals surface area contributed by atoms with E-state index in [9.17, 15) is 9.59 Å². The number of hydrogen-bond donors (Lipinski definition) is 2. The monoisotopic (exact) mass is 418 g/mol. The van der Waals surface area contributed by atoms with Crippen LogP contribution in [0.5, 0.6) is 0 Å². The van der Waals surface area contributed by atoms with Gasteiger partial charge in [0.15, 0.2) is 0 Å². The van der Waals surface area contributed by atoms with E-state index in [-0.39, 0.29) is 0 Å². The Hall–Kier alpha value is -3.74. The zero-order chi connectivity index (χ0) is 22.3. The normalized spacial score (nSPS) is 12.5. The van der Waals surface area contributed by atoms with E-state index in [1.165, 1.54) is 0 Å². The number of pyridine rings is 1. The van der Waals surface area contributed by atoms with Crippen molar-refractivity contribution < 1.29 is 14.3 Å². The van der Waals surface area contributed by atoms with Crippen LogP contribution in [0, 0.1) is 0 Å². The topological polar surface area (TPSA) is 92.7 Å². The molecule has 31 heavy (non-hydrogen) atoms. The molecule has 1 aromatic heterocycles. The molecule has 7 nitrogen and oxygen atoms in total. The van der Waals surface area contributed by atoms with Crippen molar-refractivity contribution >= 4 is 29.1 Å². The highest BCUT2D eigenvalue weighted by Crippen LogP contribution is 2.12. The first kappa shape index (κ1) is 22.0. The number of carbonyl (C=O) groups excluding carboxylic acids is 2. The molecule has 2 N–H and O–H groups in total. The van der Waals surface area contributed by atoms with Crippen LogP contribution in [0.4, 0.5) is 4.79 Å². The van der Waals surface area contributed by atoms with Crippen molar-refractivity contribution in [3.63, 3.8) is 0 Å². The molecule has 0 aliphatic heterocycles. The Bertz CT molecular complexity index is 1070. The number of aromatic nitrogens is 1. The molecule has 0 saturated heterocycles. The summed E-state index contributed by atoms with van der Waals surface area (Å²) >= 11 is 0. The molecule has 1 heterocycles. The number of rotatable bonds is 6. The molecule has 160 valence electrons. The third-order valence-corrected chi connectivity index (χ3v) is 4.31. The predicted molar refractivity (Wildman–Crippen MR) is 121 cm³/mol. The summed E-state index contributed by atoms with van der Waals surface area (Å²) < 4.78 is 5.30. The summed E-state index contributed by atoms with van der Waals surface area (Å²) in [5.41, 5.74) is 4.46. The zero-order valence-corrected chi connectivity index (χ0v) is 17.8. The molecular weight excluding hydrogens is 392 g/mol. The van der Waals surface area contributed by atoms with E-state index in [1.54, 1.807) is 33.2 Å². The Morgan fingerprint density at radius 3 is 2.61 bits per heavy atom. The van der Waals surface area contributed by atoms with Gasteiger partial charge in [-0.25, -0.2) is 10.2 Å². The van der Waals surface area contributed by atoms with Gasteiger partial charge in [-0.05, 0) is 50.1 Å². The van der Waals surface area contributed by atoms with Crippen molar-refractivity contribution in [1.29, 1.82) is 0 Å². The van der Waals surface area contributed by atoms with E-state index in [4.69, 9.17) is 4.74 Å². The van der Waals surface area contributed by atoms with Crippen molar-refractivity contribution in [2.24, 2.45) is 5.10 Å². The lowest BCUT2D eigenvalue weighted by atomic mass is 10.1. The van der Waals surface area contributed by atoms with Gasteiger partial charge in [-0.15, -0.1) is 0 Å². The lowest BCUT2D eigenvalue weighted by molar-refractivity contribution is -0.123. The highest BCUT2D eigenvalue weighted by Gasteiger charge is 2.24. The first-order chi connectivity index (χ1) is 14.8. The van der Waals surface area contributed by atoms with Gasteiger partial charge in [-0.1, -0.05) is 42.5 Å². The van der Waals surface area contributed by atoms with E-state index in [0.29, 0.717) is 6.42 Å². The first-order valence-electron chi connectivity index (χ1n) is 10.0. The Kier molecular flexibility index (Phi) is 6.97. The number of carbonyl (C=O) groups is 2. The van der Waals surface area contributed by atoms with Crippen LogP contribution >= 0.6 is 0 Å². The van der Waals surface area contributed by atoms with Crippen LogP contribution in [-0.2, 0) is 16.0 Å². The predicted octanol–water partition coefficient (Wildman–Crippen LogP) is 3.82. The molecule has 0 aliphatic carbocycles. The smallest absolute Gasteiger partial charge is 0.408 e. The first-order valence-corrected chi connectivity index (χ1v) is 10.0. The lowest BCUT2D eigenvalue weighted by Gasteiger charge is -2.23. The van der Waals surface area contributed by atoms with Crippen LogP contribution in [0.25, 0.3) is 10.9 Å². The average Bonchev–Trinajstić information content (AvgIpc) is 2.72. The van der Waals surface area contributed by atoms with Gasteiger partial charge in [-0.3, -0.25) is 9.78 Å². The van der Waals surface area contributed by atoms with Crippen LogP contribution < -0.4 is 10.7 Å². The van der Waals surface area contributed by atoms with E-state index >= 15 is 0 Å². The van der Waals surface area contributed by atoms with E-state index in [2.05, 4.69) is 20.8 Å². The molecule has 2 amide bonds. The van der Waals surface area contributed by atoms with Gasteiger partial charge in [0.25, 0.3) is 5.91 Å². The molecule has 0 aliphatic rings. The number of fused-ring (bicyclic) bond motifs is 1. The number of amides is 2. The highest BCUT2D eigenvalue weighted by atomic mass is 16.6. The molecule has 0 bridgehead atoms. The maximum atomic E-state index is 12.7. The van der Waals surface area contributed by atoms with Crippen LogP contribution in [0.3, 0.4) is 0 Å². The number of nitrogens with one attached hydrogen (secondary N) is 2. The summed E-state index contributed by atoms with van der Waals surface area (Å²) in [6, 6.07) is 18.1. The largest absolute Gasteiger partial charge is 0.444 e. The number of hydrazone groups is 1. The maximum absolute atomic E-state index is 12.7. The van der Waals surface area contributed by atoms with Gasteiger partial charge < -0.3 is 10.1 Å². The molecule has 1 atom stereocenters. The molecule has 3 rings (SSSR count). The molecule has 3 aromatic rings. The standard InChI is InChI=1S/C24H26N4O3/c1-24(2,3)31-23(30)27-21(15-17-8-5-4-6-9-17)22(29)28-26-16-18-11-12-20-19(14-18)10-7-13-25-20/h4-14,16,21H,15H2,1-3H3,(H,27,30)(H,28,29). The second-order valence-corrected chi connectivity index (χ2v) is 8.08. The molecule has 7 heteroatoms. The molecule has 2 aromatic carbocycles. The summed E-state index contributed by atoms with van der Waals surface area (Å²) in [6.45, 7) is 5.30. The Labute approximate surface area is 181 Å². The van der Waals surface area contributed by atoms with Gasteiger partial charge in [0.2, 0.25) is 0 Å². The van der Waals surface area contributed by atoms with Crippen molar-refractivity contribution in [1.82, 2.24) is 15.7 Å². The Morgan fingerprint density at radius 1 is 1.10 bits per heavy atom. The average molecular weight is 418 g/mol. The summed E-state index contributed by atoms with van der Waals surface area (Å²) in [6.07, 6.45) is 2.94.